The molecular weight excluding hydrogens is 404 g/mol. The Labute approximate surface area is 188 Å². The molecule has 166 valence electrons. The minimum absolute atomic E-state index is 0.334. The van der Waals surface area contributed by atoms with Crippen molar-refractivity contribution in [2.45, 2.75) is 12.8 Å². The van der Waals surface area contributed by atoms with Crippen LogP contribution < -0.4 is 20.7 Å². The molecule has 8 nitrogen and oxygen atoms in total. The Morgan fingerprint density at radius 2 is 2.03 bits per heavy atom. The zero-order valence-electron chi connectivity index (χ0n) is 18.2. The summed E-state index contributed by atoms with van der Waals surface area (Å²) in [5.74, 6) is 0.855. The Bertz CT molecular complexity index is 1050. The molecule has 3 aromatic rings. The Morgan fingerprint density at radius 1 is 1.19 bits per heavy atom. The van der Waals surface area contributed by atoms with Crippen molar-refractivity contribution >= 4 is 28.8 Å². The van der Waals surface area contributed by atoms with Gasteiger partial charge in [-0.05, 0) is 50.2 Å². The largest absolute Gasteiger partial charge is 0.492 e. The van der Waals surface area contributed by atoms with Crippen molar-refractivity contribution in [2.75, 3.05) is 43.5 Å². The first-order valence-electron chi connectivity index (χ1n) is 10.8. The third-order valence-corrected chi connectivity index (χ3v) is 5.52. The quantitative estimate of drug-likeness (QED) is 0.534. The molecule has 1 aliphatic rings. The highest BCUT2D eigenvalue weighted by Crippen LogP contribution is 2.29. The summed E-state index contributed by atoms with van der Waals surface area (Å²) in [6.45, 7) is 3.92. The van der Waals surface area contributed by atoms with Crippen molar-refractivity contribution < 1.29 is 9.53 Å². The van der Waals surface area contributed by atoms with Gasteiger partial charge in [-0.2, -0.15) is 0 Å². The van der Waals surface area contributed by atoms with Crippen molar-refractivity contribution in [1.82, 2.24) is 14.9 Å². The fraction of sp³-hybridized carbons (Fsp3) is 0.292. The minimum Gasteiger partial charge on any atom is -0.492 e. The van der Waals surface area contributed by atoms with Crippen LogP contribution in [0.5, 0.6) is 5.75 Å². The lowest BCUT2D eigenvalue weighted by molar-refractivity contribution is 0.100. The topological polar surface area (TPSA) is 96.6 Å². The summed E-state index contributed by atoms with van der Waals surface area (Å²) < 4.78 is 5.94. The number of hydrogen-bond acceptors (Lipinski definition) is 7. The van der Waals surface area contributed by atoms with E-state index in [1.165, 1.54) is 19.0 Å². The van der Waals surface area contributed by atoms with E-state index in [0.29, 0.717) is 23.7 Å². The van der Waals surface area contributed by atoms with Gasteiger partial charge in [0.1, 0.15) is 18.2 Å². The molecule has 0 unspecified atom stereocenters. The van der Waals surface area contributed by atoms with E-state index in [0.717, 1.165) is 36.8 Å². The molecule has 32 heavy (non-hydrogen) atoms. The van der Waals surface area contributed by atoms with E-state index in [2.05, 4.69) is 20.2 Å². The van der Waals surface area contributed by atoms with Crippen LogP contribution in [0.4, 0.5) is 22.9 Å². The first-order chi connectivity index (χ1) is 15.6. The number of aromatic nitrogens is 2. The standard InChI is InChI=1S/C24H28N6O2/c1-29(19-7-5-9-26-16-19)22-15-23(27-17-21(22)24(25)31)28-18-6-4-8-20(14-18)32-13-12-30-10-2-3-11-30/h4-9,14-17H,2-3,10-13H2,1H3,(H2,25,31)(H,27,28). The molecule has 0 atom stereocenters. The summed E-state index contributed by atoms with van der Waals surface area (Å²) >= 11 is 0. The second-order valence-electron chi connectivity index (χ2n) is 7.77. The van der Waals surface area contributed by atoms with Crippen molar-refractivity contribution in [3.63, 3.8) is 0 Å². The van der Waals surface area contributed by atoms with Crippen molar-refractivity contribution in [3.05, 3.63) is 66.6 Å². The Morgan fingerprint density at radius 3 is 2.78 bits per heavy atom. The monoisotopic (exact) mass is 432 g/mol. The van der Waals surface area contributed by atoms with Gasteiger partial charge in [-0.25, -0.2) is 4.98 Å². The molecule has 1 aromatic carbocycles. The van der Waals surface area contributed by atoms with Gasteiger partial charge in [0.05, 0.1) is 23.1 Å². The van der Waals surface area contributed by atoms with E-state index < -0.39 is 5.91 Å². The number of pyridine rings is 2. The molecule has 1 fully saturated rings. The lowest BCUT2D eigenvalue weighted by Gasteiger charge is -2.22. The molecule has 0 bridgehead atoms. The Balaban J connectivity index is 1.48. The maximum Gasteiger partial charge on any atom is 0.252 e. The van der Waals surface area contributed by atoms with Crippen LogP contribution in [0.3, 0.4) is 0 Å². The Kier molecular flexibility index (Phi) is 6.81. The van der Waals surface area contributed by atoms with Gasteiger partial charge in [0, 0.05) is 43.8 Å². The van der Waals surface area contributed by atoms with E-state index in [1.807, 2.05) is 48.3 Å². The number of benzene rings is 1. The highest BCUT2D eigenvalue weighted by molar-refractivity contribution is 5.99. The Hall–Kier alpha value is -3.65. The number of nitrogens with two attached hydrogens (primary N) is 1. The van der Waals surface area contributed by atoms with Crippen molar-refractivity contribution in [2.24, 2.45) is 5.73 Å². The minimum atomic E-state index is -0.539. The van der Waals surface area contributed by atoms with Gasteiger partial charge in [-0.3, -0.25) is 14.7 Å². The van der Waals surface area contributed by atoms with Crippen LogP contribution in [-0.4, -0.2) is 54.1 Å². The van der Waals surface area contributed by atoms with E-state index >= 15 is 0 Å². The second kappa shape index (κ2) is 10.1. The first kappa shape index (κ1) is 21.6. The molecule has 4 rings (SSSR count). The second-order valence-corrected chi connectivity index (χ2v) is 7.77. The molecule has 8 heteroatoms. The van der Waals surface area contributed by atoms with Gasteiger partial charge < -0.3 is 20.7 Å². The molecule has 0 spiro atoms. The zero-order valence-corrected chi connectivity index (χ0v) is 18.2. The number of nitrogens with one attached hydrogen (secondary N) is 1. The fourth-order valence-corrected chi connectivity index (χ4v) is 3.78. The highest BCUT2D eigenvalue weighted by Gasteiger charge is 2.16. The van der Waals surface area contributed by atoms with Crippen LogP contribution >= 0.6 is 0 Å². The van der Waals surface area contributed by atoms with Crippen molar-refractivity contribution in [1.29, 1.82) is 0 Å². The van der Waals surface area contributed by atoms with Gasteiger partial charge in [-0.15, -0.1) is 0 Å². The molecule has 1 saturated heterocycles. The van der Waals surface area contributed by atoms with Crippen LogP contribution in [-0.2, 0) is 0 Å². The maximum atomic E-state index is 12.0. The highest BCUT2D eigenvalue weighted by atomic mass is 16.5. The number of primary amides is 1. The molecular formula is C24H28N6O2. The average molecular weight is 433 g/mol. The number of ether oxygens (including phenoxy) is 1. The van der Waals surface area contributed by atoms with Crippen LogP contribution in [0.1, 0.15) is 23.2 Å². The van der Waals surface area contributed by atoms with Crippen LogP contribution in [0, 0.1) is 0 Å². The summed E-state index contributed by atoms with van der Waals surface area (Å²) in [5.41, 5.74) is 8.24. The number of hydrogen-bond donors (Lipinski definition) is 2. The molecule has 0 radical (unpaired) electrons. The fourth-order valence-electron chi connectivity index (χ4n) is 3.78. The van der Waals surface area contributed by atoms with Crippen molar-refractivity contribution in [3.8, 4) is 5.75 Å². The normalized spacial score (nSPS) is 13.7. The van der Waals surface area contributed by atoms with E-state index in [1.54, 1.807) is 18.5 Å². The van der Waals surface area contributed by atoms with Gasteiger partial charge in [0.2, 0.25) is 0 Å². The molecule has 1 aliphatic heterocycles. The van der Waals surface area contributed by atoms with E-state index in [-0.39, 0.29) is 0 Å². The molecule has 0 aliphatic carbocycles. The summed E-state index contributed by atoms with van der Waals surface area (Å²) in [4.78, 5) is 24.8. The summed E-state index contributed by atoms with van der Waals surface area (Å²) in [7, 11) is 1.86. The number of nitrogens with zero attached hydrogens (tertiary/aromatic N) is 4. The average Bonchev–Trinajstić information content (AvgIpc) is 3.33. The van der Waals surface area contributed by atoms with E-state index in [4.69, 9.17) is 10.5 Å². The smallest absolute Gasteiger partial charge is 0.252 e. The number of rotatable bonds is 9. The van der Waals surface area contributed by atoms with Gasteiger partial charge >= 0.3 is 0 Å². The third-order valence-electron chi connectivity index (χ3n) is 5.52. The van der Waals surface area contributed by atoms with Gasteiger partial charge in [0.25, 0.3) is 5.91 Å². The van der Waals surface area contributed by atoms with Crippen LogP contribution in [0.25, 0.3) is 0 Å². The predicted octanol–water partition coefficient (Wildman–Crippen LogP) is 3.56. The summed E-state index contributed by atoms with van der Waals surface area (Å²) in [6, 6.07) is 13.3. The number of likely N-dealkylation sites (tertiary alicyclic amines) is 1. The number of anilines is 4. The number of amides is 1. The first-order valence-corrected chi connectivity index (χ1v) is 10.8. The number of carbonyl (C=O) groups is 1. The zero-order chi connectivity index (χ0) is 22.3. The van der Waals surface area contributed by atoms with Gasteiger partial charge in [0.15, 0.2) is 0 Å². The maximum absolute atomic E-state index is 12.0. The van der Waals surface area contributed by atoms with Crippen LogP contribution in [0.15, 0.2) is 61.1 Å². The molecule has 0 saturated carbocycles. The predicted molar refractivity (Wildman–Crippen MR) is 126 cm³/mol. The molecule has 3 heterocycles. The lowest BCUT2D eigenvalue weighted by Crippen LogP contribution is -2.25. The third kappa shape index (κ3) is 5.33. The summed E-state index contributed by atoms with van der Waals surface area (Å²) in [6.07, 6.45) is 7.47. The molecule has 1 amide bonds. The number of carbonyl (C=O) groups excluding carboxylic acids is 1. The van der Waals surface area contributed by atoms with Gasteiger partial charge in [-0.1, -0.05) is 6.07 Å². The SMILES string of the molecule is CN(c1cccnc1)c1cc(Nc2cccc(OCCN3CCCC3)c2)ncc1C(N)=O. The van der Waals surface area contributed by atoms with Crippen LogP contribution in [0.2, 0.25) is 0 Å². The van der Waals surface area contributed by atoms with E-state index in [9.17, 15) is 4.79 Å². The lowest BCUT2D eigenvalue weighted by atomic mass is 10.2. The molecule has 2 aromatic heterocycles. The summed E-state index contributed by atoms with van der Waals surface area (Å²) in [5, 5.41) is 3.29. The molecule has 3 N–H and O–H groups in total.